The Morgan fingerprint density at radius 1 is 1.48 bits per heavy atom. The molecule has 0 bridgehead atoms. The predicted octanol–water partition coefficient (Wildman–Crippen LogP) is 1.06. The molecule has 2 rings (SSSR count). The molecule has 2 aromatic rings. The Morgan fingerprint density at radius 2 is 2.26 bits per heavy atom. The third kappa shape index (κ3) is 4.56. The van der Waals surface area contributed by atoms with E-state index in [0.29, 0.717) is 18.0 Å². The lowest BCUT2D eigenvalue weighted by molar-refractivity contribution is -0.125. The average Bonchev–Trinajstić information content (AvgIpc) is 2.91. The number of nitrogens with one attached hydrogen (secondary N) is 1. The molecule has 7 nitrogen and oxygen atoms in total. The van der Waals surface area contributed by atoms with Crippen molar-refractivity contribution in [3.63, 3.8) is 0 Å². The molecule has 1 aromatic carbocycles. The van der Waals surface area contributed by atoms with Crippen LogP contribution >= 0.6 is 0 Å². The Labute approximate surface area is 133 Å². The number of hydrogen-bond acceptors (Lipinski definition) is 5. The molecule has 2 atom stereocenters. The second-order valence-electron chi connectivity index (χ2n) is 5.39. The first kappa shape index (κ1) is 17.0. The largest absolute Gasteiger partial charge is 0.383 e. The smallest absolute Gasteiger partial charge is 0.245 e. The van der Waals surface area contributed by atoms with E-state index < -0.39 is 6.04 Å². The number of benzene rings is 1. The van der Waals surface area contributed by atoms with Gasteiger partial charge in [-0.15, -0.1) is 5.10 Å². The second-order valence-corrected chi connectivity index (χ2v) is 5.39. The van der Waals surface area contributed by atoms with Gasteiger partial charge in [0, 0.05) is 19.6 Å². The standard InChI is InChI=1S/C15H20FN5O2/c1-10(9-23-3)17-15(22)14(21-11(2)18-19-20-21)8-12-5-4-6-13(16)7-12/h4-7,10,14H,8-9H2,1-3H3,(H,17,22)/t10-,14+/m1/s1. The molecule has 0 radical (unpaired) electrons. The van der Waals surface area contributed by atoms with Gasteiger partial charge in [-0.3, -0.25) is 4.79 Å². The minimum Gasteiger partial charge on any atom is -0.383 e. The quantitative estimate of drug-likeness (QED) is 0.824. The van der Waals surface area contributed by atoms with E-state index in [1.807, 2.05) is 6.92 Å². The van der Waals surface area contributed by atoms with E-state index in [0.717, 1.165) is 0 Å². The zero-order valence-electron chi connectivity index (χ0n) is 13.4. The number of hydrogen-bond donors (Lipinski definition) is 1. The van der Waals surface area contributed by atoms with Crippen LogP contribution < -0.4 is 5.32 Å². The van der Waals surface area contributed by atoms with Gasteiger partial charge in [-0.2, -0.15) is 0 Å². The van der Waals surface area contributed by atoms with Crippen molar-refractivity contribution in [2.75, 3.05) is 13.7 Å². The fourth-order valence-corrected chi connectivity index (χ4v) is 2.33. The fourth-order valence-electron chi connectivity index (χ4n) is 2.33. The fraction of sp³-hybridized carbons (Fsp3) is 0.467. The van der Waals surface area contributed by atoms with Crippen molar-refractivity contribution in [3.05, 3.63) is 41.5 Å². The molecule has 1 heterocycles. The highest BCUT2D eigenvalue weighted by atomic mass is 19.1. The highest BCUT2D eigenvalue weighted by molar-refractivity contribution is 5.80. The lowest BCUT2D eigenvalue weighted by Crippen LogP contribution is -2.41. The Bertz CT molecular complexity index is 661. The van der Waals surface area contributed by atoms with Crippen molar-refractivity contribution in [1.29, 1.82) is 0 Å². The lowest BCUT2D eigenvalue weighted by Gasteiger charge is -2.20. The van der Waals surface area contributed by atoms with E-state index in [2.05, 4.69) is 20.8 Å². The van der Waals surface area contributed by atoms with Crippen LogP contribution in [0, 0.1) is 12.7 Å². The van der Waals surface area contributed by atoms with Crippen molar-refractivity contribution < 1.29 is 13.9 Å². The molecular formula is C15H20FN5O2. The molecule has 0 fully saturated rings. The van der Waals surface area contributed by atoms with Gasteiger partial charge in [0.15, 0.2) is 0 Å². The van der Waals surface area contributed by atoms with Gasteiger partial charge in [-0.1, -0.05) is 12.1 Å². The summed E-state index contributed by atoms with van der Waals surface area (Å²) in [7, 11) is 1.57. The number of aryl methyl sites for hydroxylation is 1. The van der Waals surface area contributed by atoms with Crippen LogP contribution in [-0.2, 0) is 16.0 Å². The Morgan fingerprint density at radius 3 is 2.87 bits per heavy atom. The molecule has 1 N–H and O–H groups in total. The summed E-state index contributed by atoms with van der Waals surface area (Å²) < 4.78 is 19.9. The molecular weight excluding hydrogens is 301 g/mol. The van der Waals surface area contributed by atoms with E-state index in [1.165, 1.54) is 16.8 Å². The number of carbonyl (C=O) groups is 1. The summed E-state index contributed by atoms with van der Waals surface area (Å²) in [5.41, 5.74) is 0.694. The zero-order valence-corrected chi connectivity index (χ0v) is 13.4. The van der Waals surface area contributed by atoms with Gasteiger partial charge in [-0.25, -0.2) is 9.07 Å². The number of halogens is 1. The monoisotopic (exact) mass is 321 g/mol. The van der Waals surface area contributed by atoms with Gasteiger partial charge in [0.2, 0.25) is 5.91 Å². The summed E-state index contributed by atoms with van der Waals surface area (Å²) in [5.74, 6) is -0.0713. The SMILES string of the molecule is COC[C@@H](C)NC(=O)[C@H](Cc1cccc(F)c1)n1nnnc1C. The van der Waals surface area contributed by atoms with Crippen LogP contribution in [0.3, 0.4) is 0 Å². The van der Waals surface area contributed by atoms with Crippen molar-refractivity contribution in [2.24, 2.45) is 0 Å². The number of nitrogens with zero attached hydrogens (tertiary/aromatic N) is 4. The molecule has 1 aromatic heterocycles. The van der Waals surface area contributed by atoms with Crippen molar-refractivity contribution in [2.45, 2.75) is 32.4 Å². The number of rotatable bonds is 7. The highest BCUT2D eigenvalue weighted by Crippen LogP contribution is 2.16. The minimum absolute atomic E-state index is 0.153. The summed E-state index contributed by atoms with van der Waals surface area (Å²) in [6, 6.07) is 5.33. The molecule has 1 amide bonds. The van der Waals surface area contributed by atoms with E-state index in [-0.39, 0.29) is 24.2 Å². The molecule has 8 heteroatoms. The normalized spacial score (nSPS) is 13.6. The maximum Gasteiger partial charge on any atom is 0.245 e. The number of ether oxygens (including phenoxy) is 1. The van der Waals surface area contributed by atoms with Crippen LogP contribution in [0.15, 0.2) is 24.3 Å². The number of tetrazole rings is 1. The van der Waals surface area contributed by atoms with Crippen LogP contribution in [0.4, 0.5) is 4.39 Å². The molecule has 0 saturated heterocycles. The summed E-state index contributed by atoms with van der Waals surface area (Å²) >= 11 is 0. The van der Waals surface area contributed by atoms with Crippen LogP contribution in [0.25, 0.3) is 0 Å². The predicted molar refractivity (Wildman–Crippen MR) is 81.2 cm³/mol. The molecule has 0 aliphatic heterocycles. The summed E-state index contributed by atoms with van der Waals surface area (Å²) in [6.07, 6.45) is 0.287. The summed E-state index contributed by atoms with van der Waals surface area (Å²) in [4.78, 5) is 12.6. The van der Waals surface area contributed by atoms with E-state index in [4.69, 9.17) is 4.74 Å². The van der Waals surface area contributed by atoms with E-state index >= 15 is 0 Å². The first-order valence-electron chi connectivity index (χ1n) is 7.29. The van der Waals surface area contributed by atoms with Gasteiger partial charge in [0.05, 0.1) is 6.61 Å². The van der Waals surface area contributed by atoms with Crippen LogP contribution in [0.5, 0.6) is 0 Å². The van der Waals surface area contributed by atoms with Crippen molar-refractivity contribution >= 4 is 5.91 Å². The van der Waals surface area contributed by atoms with Gasteiger partial charge < -0.3 is 10.1 Å². The highest BCUT2D eigenvalue weighted by Gasteiger charge is 2.25. The van der Waals surface area contributed by atoms with Gasteiger partial charge in [-0.05, 0) is 42.0 Å². The molecule has 0 aliphatic carbocycles. The van der Waals surface area contributed by atoms with Crippen LogP contribution in [0.1, 0.15) is 24.4 Å². The topological polar surface area (TPSA) is 81.9 Å². The zero-order chi connectivity index (χ0) is 16.8. The molecule has 0 aliphatic rings. The third-order valence-corrected chi connectivity index (χ3v) is 3.38. The third-order valence-electron chi connectivity index (χ3n) is 3.38. The first-order chi connectivity index (χ1) is 11.0. The summed E-state index contributed by atoms with van der Waals surface area (Å²) in [5, 5.41) is 14.1. The van der Waals surface area contributed by atoms with Gasteiger partial charge in [0.25, 0.3) is 0 Å². The van der Waals surface area contributed by atoms with Gasteiger partial charge >= 0.3 is 0 Å². The van der Waals surface area contributed by atoms with Crippen molar-refractivity contribution in [3.8, 4) is 0 Å². The summed E-state index contributed by atoms with van der Waals surface area (Å²) in [6.45, 7) is 3.95. The number of carbonyl (C=O) groups excluding carboxylic acids is 1. The molecule has 23 heavy (non-hydrogen) atoms. The first-order valence-corrected chi connectivity index (χ1v) is 7.29. The Balaban J connectivity index is 2.22. The molecule has 0 saturated carbocycles. The molecule has 0 spiro atoms. The number of amides is 1. The lowest BCUT2D eigenvalue weighted by atomic mass is 10.0. The minimum atomic E-state index is -0.661. The maximum atomic E-state index is 13.4. The van der Waals surface area contributed by atoms with Gasteiger partial charge in [0.1, 0.15) is 17.7 Å². The van der Waals surface area contributed by atoms with Crippen LogP contribution in [0.2, 0.25) is 0 Å². The number of aromatic nitrogens is 4. The maximum absolute atomic E-state index is 13.4. The average molecular weight is 321 g/mol. The van der Waals surface area contributed by atoms with Crippen LogP contribution in [-0.4, -0.2) is 45.9 Å². The number of methoxy groups -OCH3 is 1. The Kier molecular flexibility index (Phi) is 5.75. The molecule has 0 unspecified atom stereocenters. The second kappa shape index (κ2) is 7.77. The Hall–Kier alpha value is -2.35. The van der Waals surface area contributed by atoms with Crippen molar-refractivity contribution in [1.82, 2.24) is 25.5 Å². The van der Waals surface area contributed by atoms with E-state index in [9.17, 15) is 9.18 Å². The van der Waals surface area contributed by atoms with E-state index in [1.54, 1.807) is 26.2 Å². The molecule has 124 valence electrons.